The Hall–Kier alpha value is 5.18. The van der Waals surface area contributed by atoms with Gasteiger partial charge in [-0.25, -0.2) is 0 Å². The monoisotopic (exact) mass is 737 g/mol. The first-order valence-corrected chi connectivity index (χ1v) is 12.2. The molecule has 0 heterocycles. The van der Waals surface area contributed by atoms with Gasteiger partial charge in [0.05, 0.1) is 6.61 Å². The quantitative estimate of drug-likeness (QED) is 0.245. The highest BCUT2D eigenvalue weighted by Crippen LogP contribution is 2.23. The van der Waals surface area contributed by atoms with Crippen LogP contribution in [0.5, 0.6) is 0 Å². The van der Waals surface area contributed by atoms with Crippen LogP contribution in [0.25, 0.3) is 0 Å². The predicted molar refractivity (Wildman–Crippen MR) is 134 cm³/mol. The second kappa shape index (κ2) is 34.8. The van der Waals surface area contributed by atoms with Gasteiger partial charge in [-0.05, 0) is 0 Å². The minimum absolute atomic E-state index is 0.433. The van der Waals surface area contributed by atoms with Gasteiger partial charge in [0.25, 0.3) is 0 Å². The van der Waals surface area contributed by atoms with Gasteiger partial charge >= 0.3 is 0 Å². The Bertz CT molecular complexity index is 156. The van der Waals surface area contributed by atoms with Crippen molar-refractivity contribution in [3.63, 3.8) is 0 Å². The molecule has 168 valence electrons. The van der Waals surface area contributed by atoms with Crippen LogP contribution in [-0.2, 0) is 0 Å². The van der Waals surface area contributed by atoms with Crippen molar-refractivity contribution in [2.45, 2.75) is 25.3 Å². The summed E-state index contributed by atoms with van der Waals surface area (Å²) in [6.45, 7) is -0.433. The third kappa shape index (κ3) is 346. The van der Waals surface area contributed by atoms with Crippen molar-refractivity contribution < 1.29 is 5.11 Å². The van der Waals surface area contributed by atoms with E-state index in [1.54, 1.807) is 0 Å². The van der Waals surface area contributed by atoms with Crippen LogP contribution in [0.1, 0.15) is 0 Å². The summed E-state index contributed by atoms with van der Waals surface area (Å²) in [6, 6.07) is 0. The van der Waals surface area contributed by atoms with E-state index in [0.29, 0.717) is 0 Å². The van der Waals surface area contributed by atoms with Crippen LogP contribution in [-0.4, -0.2) is 37.0 Å². The Morgan fingerprint density at radius 2 is 0.462 bits per heavy atom. The standard InChI is InChI=1S/C2H3Cl3O.5CHCl3/c3-2(4,5)1-6;5*2-1(3)4/h6H,1H2;5*1H. The number of alkyl halides is 18. The van der Waals surface area contributed by atoms with Crippen LogP contribution < -0.4 is 0 Å². The third-order valence-corrected chi connectivity index (χ3v) is 0.538. The summed E-state index contributed by atoms with van der Waals surface area (Å²) >= 11 is 87.1. The molecule has 0 fully saturated rings. The normalized spacial score (nSPS) is 9.69. The molecule has 0 aromatic heterocycles. The Morgan fingerprint density at radius 3 is 0.462 bits per heavy atom. The second-order valence-corrected chi connectivity index (χ2v) is 14.4. The van der Waals surface area contributed by atoms with Crippen molar-refractivity contribution in [1.29, 1.82) is 0 Å². The molecule has 0 amide bonds. The molecule has 0 unspecified atom stereocenters. The van der Waals surface area contributed by atoms with Crippen LogP contribution in [0.2, 0.25) is 0 Å². The topological polar surface area (TPSA) is 20.2 Å². The van der Waals surface area contributed by atoms with Gasteiger partial charge in [0, 0.05) is 0 Å². The zero-order chi connectivity index (χ0) is 23.1. The summed E-state index contributed by atoms with van der Waals surface area (Å²) in [4.78, 5) is 0. The second-order valence-electron chi connectivity index (χ2n) is 2.01. The van der Waals surface area contributed by atoms with Crippen LogP contribution >= 0.6 is 209 Å². The maximum atomic E-state index is 8.01. The number of rotatable bonds is 0. The molecule has 0 aromatic rings. The molecule has 0 aliphatic carbocycles. The van der Waals surface area contributed by atoms with Crippen LogP contribution in [0, 0.1) is 0 Å². The fraction of sp³-hybridized carbons (Fsp3) is 1.00. The van der Waals surface area contributed by atoms with Gasteiger partial charge in [0.1, 0.15) is 0 Å². The Balaban J connectivity index is -0.0000000466. The van der Waals surface area contributed by atoms with E-state index in [0.717, 1.165) is 0 Å². The van der Waals surface area contributed by atoms with Crippen LogP contribution in [0.3, 0.4) is 0 Å². The largest absolute Gasteiger partial charge is 0.392 e. The average Bonchev–Trinajstić information content (AvgIpc) is 2.23. The lowest BCUT2D eigenvalue weighted by molar-refractivity contribution is 0.303. The van der Waals surface area contributed by atoms with Gasteiger partial charge in [-0.2, -0.15) is 0 Å². The molecule has 1 N–H and O–H groups in total. The van der Waals surface area contributed by atoms with E-state index in [9.17, 15) is 0 Å². The summed E-state index contributed by atoms with van der Waals surface area (Å²) in [7, 11) is 0. The van der Waals surface area contributed by atoms with E-state index in [4.69, 9.17) is 214 Å². The zero-order valence-electron chi connectivity index (χ0n) is 11.3. The summed E-state index contributed by atoms with van der Waals surface area (Å²) in [5.74, 6) is 0. The highest BCUT2D eigenvalue weighted by atomic mass is 35.6. The summed E-state index contributed by atoms with van der Waals surface area (Å²) < 4.78 is -5.24. The predicted octanol–water partition coefficient (Wildman–Crippen LogP) is 11.3. The van der Waals surface area contributed by atoms with Gasteiger partial charge in [0.15, 0.2) is 21.5 Å². The minimum Gasteiger partial charge on any atom is -0.392 e. The average molecular weight is 746 g/mol. The molecule has 0 aliphatic rings. The Kier molecular flexibility index (Phi) is 59.9. The van der Waals surface area contributed by atoms with Crippen molar-refractivity contribution in [2.24, 2.45) is 0 Å². The highest BCUT2D eigenvalue weighted by Gasteiger charge is 2.16. The smallest absolute Gasteiger partial charge is 0.213 e. The number of hydrogen-bond donors (Lipinski definition) is 1. The fourth-order valence-electron chi connectivity index (χ4n) is 0. The Labute approximate surface area is 242 Å². The number of halogens is 18. The molecule has 0 saturated heterocycles. The lowest BCUT2D eigenvalue weighted by Crippen LogP contribution is -2.06. The van der Waals surface area contributed by atoms with Crippen molar-refractivity contribution in [3.8, 4) is 0 Å². The molecule has 0 aromatic carbocycles. The molecule has 26 heavy (non-hydrogen) atoms. The number of hydrogen-bond acceptors (Lipinski definition) is 1. The number of aliphatic hydroxyl groups excluding tert-OH is 1. The molecule has 0 atom stereocenters. The first-order valence-electron chi connectivity index (χ1n) is 4.51. The van der Waals surface area contributed by atoms with Gasteiger partial charge in [-0.1, -0.05) is 209 Å². The zero-order valence-corrected chi connectivity index (χ0v) is 25.0. The summed E-state index contributed by atoms with van der Waals surface area (Å²) in [5.41, 5.74) is 0. The number of aliphatic hydroxyl groups is 1. The molecule has 0 saturated carbocycles. The summed E-state index contributed by atoms with van der Waals surface area (Å²) in [5, 5.41) is 8.01. The van der Waals surface area contributed by atoms with E-state index in [1.165, 1.54) is 0 Å². The van der Waals surface area contributed by atoms with E-state index >= 15 is 0 Å². The van der Waals surface area contributed by atoms with Gasteiger partial charge in [0.2, 0.25) is 3.79 Å². The lowest BCUT2D eigenvalue weighted by atomic mass is 10.9. The first kappa shape index (κ1) is 44.8. The maximum Gasteiger partial charge on any atom is 0.213 e. The molecule has 0 bridgehead atoms. The molecule has 0 radical (unpaired) electrons. The Morgan fingerprint density at radius 1 is 0.423 bits per heavy atom. The van der Waals surface area contributed by atoms with Crippen molar-refractivity contribution in [3.05, 3.63) is 0 Å². The maximum absolute atomic E-state index is 8.01. The van der Waals surface area contributed by atoms with E-state index < -0.39 is 31.9 Å². The van der Waals surface area contributed by atoms with Crippen molar-refractivity contribution in [1.82, 2.24) is 0 Å². The molecule has 19 heteroatoms. The van der Waals surface area contributed by atoms with Crippen LogP contribution in [0.4, 0.5) is 0 Å². The van der Waals surface area contributed by atoms with Gasteiger partial charge in [-0.15, -0.1) is 0 Å². The van der Waals surface area contributed by atoms with Crippen molar-refractivity contribution in [2.75, 3.05) is 6.61 Å². The fourth-order valence-corrected chi connectivity index (χ4v) is 0. The third-order valence-electron chi connectivity index (χ3n) is 0.179. The van der Waals surface area contributed by atoms with E-state index in [1.807, 2.05) is 0 Å². The first-order chi connectivity index (χ1) is 11.2. The lowest BCUT2D eigenvalue weighted by Gasteiger charge is -2.01. The van der Waals surface area contributed by atoms with E-state index in [-0.39, 0.29) is 0 Å². The molecule has 0 aliphatic heterocycles. The van der Waals surface area contributed by atoms with Crippen molar-refractivity contribution >= 4 is 209 Å². The molecule has 0 spiro atoms. The minimum atomic E-state index is -1.49. The van der Waals surface area contributed by atoms with Gasteiger partial charge < -0.3 is 5.11 Å². The highest BCUT2D eigenvalue weighted by molar-refractivity contribution is 6.67. The molecular formula is C7H8Cl18O. The molecule has 1 nitrogen and oxygen atoms in total. The van der Waals surface area contributed by atoms with Crippen LogP contribution in [0.15, 0.2) is 0 Å². The van der Waals surface area contributed by atoms with Gasteiger partial charge in [-0.3, -0.25) is 0 Å². The van der Waals surface area contributed by atoms with E-state index in [2.05, 4.69) is 0 Å². The SMILES string of the molecule is ClC(Cl)Cl.ClC(Cl)Cl.ClC(Cl)Cl.ClC(Cl)Cl.ClC(Cl)Cl.OCC(Cl)(Cl)Cl. The summed E-state index contributed by atoms with van der Waals surface area (Å²) in [6.07, 6.45) is 0. The molecular weight excluding hydrogens is 738 g/mol. The molecule has 0 rings (SSSR count).